The van der Waals surface area contributed by atoms with E-state index in [0.29, 0.717) is 11.5 Å². The van der Waals surface area contributed by atoms with E-state index >= 15 is 0 Å². The Kier molecular flexibility index (Phi) is 4.14. The zero-order chi connectivity index (χ0) is 12.5. The monoisotopic (exact) mass is 238 g/mol. The molecule has 2 heteroatoms. The average Bonchev–Trinajstić information content (AvgIpc) is 3.08. The van der Waals surface area contributed by atoms with Crippen molar-refractivity contribution in [1.82, 2.24) is 10.2 Å². The zero-order valence-electron chi connectivity index (χ0n) is 12.1. The van der Waals surface area contributed by atoms with Gasteiger partial charge in [-0.1, -0.05) is 27.2 Å². The normalized spacial score (nSPS) is 33.0. The van der Waals surface area contributed by atoms with Gasteiger partial charge in [0.15, 0.2) is 0 Å². The number of nitrogens with one attached hydrogen (secondary N) is 1. The van der Waals surface area contributed by atoms with Gasteiger partial charge < -0.3 is 5.32 Å². The highest BCUT2D eigenvalue weighted by Gasteiger charge is 2.44. The molecule has 2 unspecified atom stereocenters. The Balaban J connectivity index is 2.10. The van der Waals surface area contributed by atoms with Gasteiger partial charge in [-0.05, 0) is 51.1 Å². The van der Waals surface area contributed by atoms with Crippen LogP contribution in [0.15, 0.2) is 0 Å². The fraction of sp³-hybridized carbons (Fsp3) is 1.00. The fourth-order valence-corrected chi connectivity index (χ4v) is 3.83. The Labute approximate surface area is 107 Å². The predicted octanol–water partition coefficient (Wildman–Crippen LogP) is 3.03. The van der Waals surface area contributed by atoms with Crippen molar-refractivity contribution in [3.8, 4) is 0 Å². The maximum Gasteiger partial charge on any atom is 0.0271 e. The van der Waals surface area contributed by atoms with E-state index in [4.69, 9.17) is 0 Å². The molecule has 100 valence electrons. The molecule has 17 heavy (non-hydrogen) atoms. The molecule has 0 spiro atoms. The first-order valence-corrected chi connectivity index (χ1v) is 7.53. The Bertz CT molecular complexity index is 245. The summed E-state index contributed by atoms with van der Waals surface area (Å²) in [7, 11) is 2.15. The molecule has 2 aliphatic rings. The summed E-state index contributed by atoms with van der Waals surface area (Å²) in [4.78, 5) is 2.82. The second-order valence-corrected chi connectivity index (χ2v) is 6.68. The molecule has 2 fully saturated rings. The first-order chi connectivity index (χ1) is 8.10. The number of hydrogen-bond acceptors (Lipinski definition) is 2. The van der Waals surface area contributed by atoms with E-state index in [2.05, 4.69) is 38.0 Å². The first kappa shape index (κ1) is 13.4. The smallest absolute Gasteiger partial charge is 0.0271 e. The average molecular weight is 238 g/mol. The maximum atomic E-state index is 3.62. The number of hydrogen-bond donors (Lipinski definition) is 1. The van der Waals surface area contributed by atoms with Gasteiger partial charge in [0.1, 0.15) is 0 Å². The van der Waals surface area contributed by atoms with Gasteiger partial charge in [0, 0.05) is 18.1 Å². The van der Waals surface area contributed by atoms with Crippen LogP contribution in [0.25, 0.3) is 0 Å². The van der Waals surface area contributed by atoms with Crippen LogP contribution in [0.2, 0.25) is 0 Å². The van der Waals surface area contributed by atoms with Gasteiger partial charge in [-0.3, -0.25) is 4.90 Å². The molecule has 0 saturated heterocycles. The molecule has 1 N–H and O–H groups in total. The van der Waals surface area contributed by atoms with E-state index in [9.17, 15) is 0 Å². The lowest BCUT2D eigenvalue weighted by atomic mass is 9.70. The largest absolute Gasteiger partial charge is 0.315 e. The molecule has 0 radical (unpaired) electrons. The van der Waals surface area contributed by atoms with Crippen LogP contribution in [-0.4, -0.2) is 36.6 Å². The molecule has 0 amide bonds. The van der Waals surface area contributed by atoms with E-state index in [0.717, 1.165) is 12.1 Å². The van der Waals surface area contributed by atoms with Gasteiger partial charge in [0.25, 0.3) is 0 Å². The molecule has 2 nitrogen and oxygen atoms in total. The summed E-state index contributed by atoms with van der Waals surface area (Å²) in [5.74, 6) is 0. The fourth-order valence-electron chi connectivity index (χ4n) is 3.83. The quantitative estimate of drug-likeness (QED) is 0.792. The van der Waals surface area contributed by atoms with Gasteiger partial charge in [-0.25, -0.2) is 0 Å². The van der Waals surface area contributed by atoms with E-state index in [1.807, 2.05) is 0 Å². The van der Waals surface area contributed by atoms with Crippen molar-refractivity contribution in [2.24, 2.45) is 5.41 Å². The van der Waals surface area contributed by atoms with Gasteiger partial charge in [0.2, 0.25) is 0 Å². The summed E-state index contributed by atoms with van der Waals surface area (Å²) in [5, 5.41) is 3.62. The molecular formula is C15H30N2. The van der Waals surface area contributed by atoms with Crippen molar-refractivity contribution >= 4 is 0 Å². The molecular weight excluding hydrogens is 208 g/mol. The van der Waals surface area contributed by atoms with Crippen LogP contribution in [0.4, 0.5) is 0 Å². The highest BCUT2D eigenvalue weighted by molar-refractivity contribution is 5.01. The third-order valence-corrected chi connectivity index (χ3v) is 4.78. The summed E-state index contributed by atoms with van der Waals surface area (Å²) in [6, 6.07) is 2.35. The van der Waals surface area contributed by atoms with Gasteiger partial charge in [-0.2, -0.15) is 0 Å². The highest BCUT2D eigenvalue weighted by Crippen LogP contribution is 2.41. The Morgan fingerprint density at radius 1 is 1.24 bits per heavy atom. The van der Waals surface area contributed by atoms with Crippen molar-refractivity contribution in [3.63, 3.8) is 0 Å². The predicted molar refractivity (Wildman–Crippen MR) is 74.3 cm³/mol. The molecule has 2 rings (SSSR count). The molecule has 0 aliphatic heterocycles. The molecule has 0 aromatic carbocycles. The van der Waals surface area contributed by atoms with Crippen molar-refractivity contribution < 1.29 is 0 Å². The molecule has 0 aromatic rings. The maximum absolute atomic E-state index is 3.62. The Morgan fingerprint density at radius 2 is 1.94 bits per heavy atom. The highest BCUT2D eigenvalue weighted by atomic mass is 15.2. The first-order valence-electron chi connectivity index (χ1n) is 7.53. The standard InChI is InChI=1S/C15H30N2/c1-5-11-17(12-8-9-12)13-7-6-10-15(2,3)14(13)16-4/h12-14,16H,5-11H2,1-4H3. The van der Waals surface area contributed by atoms with Crippen LogP contribution in [0.1, 0.15) is 59.3 Å². The lowest BCUT2D eigenvalue weighted by Gasteiger charge is -2.48. The van der Waals surface area contributed by atoms with Crippen LogP contribution in [0.5, 0.6) is 0 Å². The summed E-state index contributed by atoms with van der Waals surface area (Å²) < 4.78 is 0. The second kappa shape index (κ2) is 5.27. The second-order valence-electron chi connectivity index (χ2n) is 6.68. The van der Waals surface area contributed by atoms with Crippen LogP contribution in [-0.2, 0) is 0 Å². The number of rotatable bonds is 5. The SMILES string of the molecule is CCCN(C1CC1)C1CCCC(C)(C)C1NC. The van der Waals surface area contributed by atoms with Crippen molar-refractivity contribution in [3.05, 3.63) is 0 Å². The van der Waals surface area contributed by atoms with Crippen molar-refractivity contribution in [2.75, 3.05) is 13.6 Å². The topological polar surface area (TPSA) is 15.3 Å². The summed E-state index contributed by atoms with van der Waals surface area (Å²) >= 11 is 0. The van der Waals surface area contributed by atoms with E-state index in [-0.39, 0.29) is 0 Å². The number of nitrogens with zero attached hydrogens (tertiary/aromatic N) is 1. The Hall–Kier alpha value is -0.0800. The molecule has 2 atom stereocenters. The van der Waals surface area contributed by atoms with Crippen LogP contribution in [0, 0.1) is 5.41 Å². The summed E-state index contributed by atoms with van der Waals surface area (Å²) in [6.45, 7) is 8.50. The van der Waals surface area contributed by atoms with Crippen LogP contribution >= 0.6 is 0 Å². The van der Waals surface area contributed by atoms with Crippen LogP contribution < -0.4 is 5.32 Å². The van der Waals surface area contributed by atoms with E-state index in [1.165, 1.54) is 45.1 Å². The summed E-state index contributed by atoms with van der Waals surface area (Å²) in [6.07, 6.45) is 8.35. The third kappa shape index (κ3) is 2.85. The minimum Gasteiger partial charge on any atom is -0.315 e. The number of likely N-dealkylation sites (N-methyl/N-ethyl adjacent to an activating group) is 1. The molecule has 0 aromatic heterocycles. The minimum absolute atomic E-state index is 0.457. The zero-order valence-corrected chi connectivity index (χ0v) is 12.1. The van der Waals surface area contributed by atoms with Gasteiger partial charge in [-0.15, -0.1) is 0 Å². The lowest BCUT2D eigenvalue weighted by Crippen LogP contribution is -2.58. The molecule has 2 saturated carbocycles. The van der Waals surface area contributed by atoms with Gasteiger partial charge in [0.05, 0.1) is 0 Å². The summed E-state index contributed by atoms with van der Waals surface area (Å²) in [5.41, 5.74) is 0.457. The third-order valence-electron chi connectivity index (χ3n) is 4.78. The van der Waals surface area contributed by atoms with Gasteiger partial charge >= 0.3 is 0 Å². The van der Waals surface area contributed by atoms with Crippen LogP contribution in [0.3, 0.4) is 0 Å². The minimum atomic E-state index is 0.457. The molecule has 2 aliphatic carbocycles. The van der Waals surface area contributed by atoms with Crippen molar-refractivity contribution in [2.45, 2.75) is 77.4 Å². The lowest BCUT2D eigenvalue weighted by molar-refractivity contribution is 0.0470. The van der Waals surface area contributed by atoms with E-state index in [1.54, 1.807) is 0 Å². The molecule has 0 heterocycles. The Morgan fingerprint density at radius 3 is 2.47 bits per heavy atom. The van der Waals surface area contributed by atoms with Crippen molar-refractivity contribution in [1.29, 1.82) is 0 Å². The van der Waals surface area contributed by atoms with E-state index < -0.39 is 0 Å². The molecule has 0 bridgehead atoms.